The fraction of sp³-hybridized carbons (Fsp3) is 1.00. The van der Waals surface area contributed by atoms with E-state index in [2.05, 4.69) is 18.6 Å². The van der Waals surface area contributed by atoms with E-state index in [1.165, 1.54) is 6.42 Å². The molecular weight excluding hydrogens is 188 g/mol. The monoisotopic (exact) mass is 201 g/mol. The Labute approximate surface area is 73.2 Å². The first kappa shape index (κ1) is 10.8. The summed E-state index contributed by atoms with van der Waals surface area (Å²) >= 11 is 11.0. The van der Waals surface area contributed by atoms with Gasteiger partial charge in [0.1, 0.15) is 6.42 Å². The predicted octanol–water partition coefficient (Wildman–Crippen LogP) is 4.13. The van der Waals surface area contributed by atoms with E-state index in [-0.39, 0.29) is 0 Å². The van der Waals surface area contributed by atoms with Gasteiger partial charge in [-0.05, 0) is 18.8 Å². The minimum atomic E-state index is -1.36. The summed E-state index contributed by atoms with van der Waals surface area (Å²) < 4.78 is 4.03. The van der Waals surface area contributed by atoms with Crippen molar-refractivity contribution in [3.05, 3.63) is 0 Å². The van der Waals surface area contributed by atoms with Gasteiger partial charge in [-0.2, -0.15) is 0 Å². The zero-order valence-electron chi connectivity index (χ0n) is 6.40. The van der Waals surface area contributed by atoms with E-state index in [4.69, 9.17) is 22.5 Å². The van der Waals surface area contributed by atoms with Gasteiger partial charge in [-0.25, -0.2) is 0 Å². The van der Waals surface area contributed by atoms with Crippen LogP contribution in [0.1, 0.15) is 26.7 Å². The average molecular weight is 202 g/mol. The van der Waals surface area contributed by atoms with Crippen LogP contribution in [0.15, 0.2) is 4.74 Å². The SMILES string of the molecule is CC(C)CCCN=[PH](Cl)Cl. The van der Waals surface area contributed by atoms with Crippen molar-refractivity contribution in [1.82, 2.24) is 0 Å². The molecule has 0 aliphatic carbocycles. The molecule has 0 unspecified atom stereocenters. The summed E-state index contributed by atoms with van der Waals surface area (Å²) in [7, 11) is 0. The maximum atomic E-state index is 5.49. The Balaban J connectivity index is 3.13. The van der Waals surface area contributed by atoms with E-state index in [0.717, 1.165) is 18.9 Å². The zero-order chi connectivity index (χ0) is 7.98. The first-order valence-corrected chi connectivity index (χ1v) is 6.95. The topological polar surface area (TPSA) is 12.4 Å². The summed E-state index contributed by atoms with van der Waals surface area (Å²) in [5, 5.41) is 0. The molecule has 0 bridgehead atoms. The van der Waals surface area contributed by atoms with Crippen molar-refractivity contribution in [2.45, 2.75) is 26.7 Å². The Bertz CT molecular complexity index is 110. The van der Waals surface area contributed by atoms with E-state index < -0.39 is 6.42 Å². The highest BCUT2D eigenvalue weighted by Gasteiger charge is 1.91. The largest absolute Gasteiger partial charge is 0.276 e. The van der Waals surface area contributed by atoms with E-state index in [1.54, 1.807) is 0 Å². The molecule has 0 saturated heterocycles. The summed E-state index contributed by atoms with van der Waals surface area (Å²) in [5.74, 6) is 0.761. The van der Waals surface area contributed by atoms with Crippen LogP contribution in [-0.2, 0) is 0 Å². The van der Waals surface area contributed by atoms with E-state index in [9.17, 15) is 0 Å². The van der Waals surface area contributed by atoms with Gasteiger partial charge in [0.15, 0.2) is 0 Å². The quantitative estimate of drug-likeness (QED) is 0.480. The molecule has 0 aromatic heterocycles. The lowest BCUT2D eigenvalue weighted by Crippen LogP contribution is -1.87. The van der Waals surface area contributed by atoms with Crippen LogP contribution in [0, 0.1) is 5.92 Å². The van der Waals surface area contributed by atoms with Crippen LogP contribution >= 0.6 is 28.9 Å². The smallest absolute Gasteiger partial charge is 0.125 e. The van der Waals surface area contributed by atoms with Gasteiger partial charge >= 0.3 is 0 Å². The van der Waals surface area contributed by atoms with Crippen molar-refractivity contribution in [3.63, 3.8) is 0 Å². The van der Waals surface area contributed by atoms with Crippen molar-refractivity contribution in [3.8, 4) is 0 Å². The minimum Gasteiger partial charge on any atom is -0.276 e. The van der Waals surface area contributed by atoms with Crippen LogP contribution in [0.2, 0.25) is 0 Å². The molecule has 4 heteroatoms. The van der Waals surface area contributed by atoms with Gasteiger partial charge in [-0.15, -0.1) is 0 Å². The molecule has 0 aromatic carbocycles. The molecule has 0 N–H and O–H groups in total. The number of rotatable bonds is 4. The summed E-state index contributed by atoms with van der Waals surface area (Å²) in [6, 6.07) is 0. The molecule has 0 amide bonds. The lowest BCUT2D eigenvalue weighted by atomic mass is 10.1. The molecule has 0 atom stereocenters. The van der Waals surface area contributed by atoms with Crippen molar-refractivity contribution in [2.75, 3.05) is 6.54 Å². The molecule has 0 fully saturated rings. The van der Waals surface area contributed by atoms with Gasteiger partial charge in [0.25, 0.3) is 0 Å². The van der Waals surface area contributed by atoms with E-state index in [1.807, 2.05) is 0 Å². The van der Waals surface area contributed by atoms with Crippen LogP contribution in [0.4, 0.5) is 0 Å². The first-order chi connectivity index (χ1) is 4.63. The molecule has 10 heavy (non-hydrogen) atoms. The maximum Gasteiger partial charge on any atom is 0.125 e. The Kier molecular flexibility index (Phi) is 7.04. The minimum absolute atomic E-state index is 0.761. The van der Waals surface area contributed by atoms with Crippen LogP contribution in [-0.4, -0.2) is 6.54 Å². The normalized spacial score (nSPS) is 11.0. The highest BCUT2D eigenvalue weighted by atomic mass is 35.9. The van der Waals surface area contributed by atoms with Gasteiger partial charge in [-0.1, -0.05) is 36.3 Å². The summed E-state index contributed by atoms with van der Waals surface area (Å²) in [6.07, 6.45) is 0.968. The van der Waals surface area contributed by atoms with E-state index >= 15 is 0 Å². The third kappa shape index (κ3) is 8.81. The molecule has 0 aliphatic rings. The lowest BCUT2D eigenvalue weighted by Gasteiger charge is -2.00. The van der Waals surface area contributed by atoms with Crippen LogP contribution < -0.4 is 0 Å². The van der Waals surface area contributed by atoms with Gasteiger partial charge in [-0.3, -0.25) is 4.74 Å². The van der Waals surface area contributed by atoms with Crippen LogP contribution in [0.5, 0.6) is 0 Å². The molecule has 62 valence electrons. The highest BCUT2D eigenvalue weighted by Crippen LogP contribution is 2.36. The van der Waals surface area contributed by atoms with Crippen LogP contribution in [0.3, 0.4) is 0 Å². The fourth-order valence-corrected chi connectivity index (χ4v) is 1.50. The maximum absolute atomic E-state index is 5.49. The molecule has 0 saturated carbocycles. The first-order valence-electron chi connectivity index (χ1n) is 3.48. The van der Waals surface area contributed by atoms with Gasteiger partial charge in [0.05, 0.1) is 0 Å². The molecule has 1 nitrogen and oxygen atoms in total. The lowest BCUT2D eigenvalue weighted by molar-refractivity contribution is 0.563. The molecule has 0 rings (SSSR count). The second-order valence-electron chi connectivity index (χ2n) is 2.66. The van der Waals surface area contributed by atoms with Gasteiger partial charge < -0.3 is 0 Å². The molecule has 0 heterocycles. The van der Waals surface area contributed by atoms with Crippen LogP contribution in [0.25, 0.3) is 0 Å². The zero-order valence-corrected chi connectivity index (χ0v) is 8.91. The Morgan fingerprint density at radius 2 is 2.00 bits per heavy atom. The summed E-state index contributed by atoms with van der Waals surface area (Å²) in [5.41, 5.74) is 0. The van der Waals surface area contributed by atoms with Crippen molar-refractivity contribution in [2.24, 2.45) is 10.7 Å². The Morgan fingerprint density at radius 3 is 2.40 bits per heavy atom. The number of halogens is 2. The molecule has 0 spiro atoms. The Hall–Kier alpha value is 0.810. The van der Waals surface area contributed by atoms with Gasteiger partial charge in [0.2, 0.25) is 0 Å². The fourth-order valence-electron chi connectivity index (χ4n) is 0.663. The summed E-state index contributed by atoms with van der Waals surface area (Å²) in [6.45, 7) is 5.24. The van der Waals surface area contributed by atoms with Crippen molar-refractivity contribution >= 4 is 28.9 Å². The molecule has 0 aliphatic heterocycles. The number of hydrogen-bond acceptors (Lipinski definition) is 1. The second kappa shape index (κ2) is 6.52. The van der Waals surface area contributed by atoms with Crippen molar-refractivity contribution in [1.29, 1.82) is 0 Å². The third-order valence-electron chi connectivity index (χ3n) is 1.17. The van der Waals surface area contributed by atoms with Crippen molar-refractivity contribution < 1.29 is 0 Å². The third-order valence-corrected chi connectivity index (χ3v) is 2.35. The van der Waals surface area contributed by atoms with Gasteiger partial charge in [0, 0.05) is 6.54 Å². The standard InChI is InChI=1S/C6H14Cl2NP/c1-6(2)4-3-5-9-10(7)8/h6,10H,3-5H2,1-2H3. The molecule has 0 aromatic rings. The Morgan fingerprint density at radius 1 is 1.40 bits per heavy atom. The number of hydrogen-bond donors (Lipinski definition) is 0. The van der Waals surface area contributed by atoms with E-state index in [0.29, 0.717) is 0 Å². The average Bonchev–Trinajstić information content (AvgIpc) is 1.79. The highest BCUT2D eigenvalue weighted by molar-refractivity contribution is 7.96. The number of nitrogens with zero attached hydrogens (tertiary/aromatic N) is 1. The summed E-state index contributed by atoms with van der Waals surface area (Å²) in [4.78, 5) is 0. The molecule has 0 radical (unpaired) electrons. The second-order valence-corrected chi connectivity index (χ2v) is 6.18. The predicted molar refractivity (Wildman–Crippen MR) is 51.4 cm³/mol. The molecular formula is C6H14Cl2NP.